The van der Waals surface area contributed by atoms with Crippen LogP contribution in [0.4, 0.5) is 0 Å². The number of rotatable bonds is 57. The lowest BCUT2D eigenvalue weighted by Gasteiger charge is -2.18. The lowest BCUT2D eigenvalue weighted by Crippen LogP contribution is -2.30. The highest BCUT2D eigenvalue weighted by Crippen LogP contribution is 2.14. The molecular weight excluding hydrogens is 1010 g/mol. The second kappa shape index (κ2) is 68.0. The quantitative estimate of drug-likeness (QED) is 0.0261. The molecule has 0 N–H and O–H groups in total. The molecule has 0 aromatic carbocycles. The van der Waals surface area contributed by atoms with Crippen molar-refractivity contribution in [2.45, 2.75) is 264 Å². The second-order valence-electron chi connectivity index (χ2n) is 20.9. The van der Waals surface area contributed by atoms with E-state index in [1.807, 2.05) is 0 Å². The molecular formula is C76H118O6. The molecule has 0 saturated carbocycles. The zero-order valence-electron chi connectivity index (χ0n) is 52.4. The van der Waals surface area contributed by atoms with Crippen LogP contribution in [0.3, 0.4) is 0 Å². The fourth-order valence-corrected chi connectivity index (χ4v) is 8.32. The SMILES string of the molecule is CC/C=C\C/C=C\C/C=C\C/C=C\C/C=C\C/C=C\C/C=C\C/C=C\CCCCCCCCC(=O)OCC(COC(=O)CCCCCCCCCC)OC(=O)CCCCC/C=C\C/C=C\C/C=C\C/C=C\C/C=C\C/C=C\C/C=C\CC. The first-order valence-corrected chi connectivity index (χ1v) is 32.8. The van der Waals surface area contributed by atoms with Crippen molar-refractivity contribution in [3.8, 4) is 0 Å². The molecule has 0 radical (unpaired) electrons. The van der Waals surface area contributed by atoms with Gasteiger partial charge in [0.15, 0.2) is 6.10 Å². The van der Waals surface area contributed by atoms with E-state index in [-0.39, 0.29) is 37.5 Å². The highest BCUT2D eigenvalue weighted by Gasteiger charge is 2.19. The molecule has 0 aliphatic rings. The molecule has 1 unspecified atom stereocenters. The lowest BCUT2D eigenvalue weighted by molar-refractivity contribution is -0.167. The Morgan fingerprint density at radius 3 is 0.756 bits per heavy atom. The zero-order valence-corrected chi connectivity index (χ0v) is 52.4. The van der Waals surface area contributed by atoms with Gasteiger partial charge in [0.2, 0.25) is 0 Å². The molecule has 0 fully saturated rings. The lowest BCUT2D eigenvalue weighted by atomic mass is 10.1. The normalized spacial score (nSPS) is 13.4. The first-order chi connectivity index (χ1) is 40.5. The minimum absolute atomic E-state index is 0.104. The number of hydrogen-bond donors (Lipinski definition) is 0. The summed E-state index contributed by atoms with van der Waals surface area (Å²) in [5.74, 6) is -0.964. The van der Waals surface area contributed by atoms with Gasteiger partial charge in [0, 0.05) is 19.3 Å². The van der Waals surface area contributed by atoms with Gasteiger partial charge in [-0.3, -0.25) is 14.4 Å². The summed E-state index contributed by atoms with van der Waals surface area (Å²) in [5.41, 5.74) is 0. The van der Waals surface area contributed by atoms with Crippen LogP contribution >= 0.6 is 0 Å². The maximum atomic E-state index is 12.9. The first-order valence-electron chi connectivity index (χ1n) is 32.8. The summed E-state index contributed by atoms with van der Waals surface area (Å²) < 4.78 is 16.8. The van der Waals surface area contributed by atoms with E-state index < -0.39 is 6.10 Å². The molecule has 0 aromatic rings. The predicted molar refractivity (Wildman–Crippen MR) is 357 cm³/mol. The van der Waals surface area contributed by atoms with E-state index in [1.54, 1.807) is 0 Å². The molecule has 0 spiro atoms. The smallest absolute Gasteiger partial charge is 0.306 e. The van der Waals surface area contributed by atoms with Crippen molar-refractivity contribution in [2.24, 2.45) is 0 Å². The van der Waals surface area contributed by atoms with Crippen molar-refractivity contribution in [1.29, 1.82) is 0 Å². The third-order valence-electron chi connectivity index (χ3n) is 13.2. The van der Waals surface area contributed by atoms with E-state index in [9.17, 15) is 14.4 Å². The van der Waals surface area contributed by atoms with Crippen LogP contribution in [-0.2, 0) is 28.6 Å². The van der Waals surface area contributed by atoms with Gasteiger partial charge in [-0.05, 0) is 141 Å². The maximum absolute atomic E-state index is 12.9. The van der Waals surface area contributed by atoms with Crippen molar-refractivity contribution in [2.75, 3.05) is 13.2 Å². The summed E-state index contributed by atoms with van der Waals surface area (Å²) in [6, 6.07) is 0. The monoisotopic (exact) mass is 1130 g/mol. The van der Waals surface area contributed by atoms with Gasteiger partial charge >= 0.3 is 17.9 Å². The Balaban J connectivity index is 4.33. The third-order valence-corrected chi connectivity index (χ3v) is 13.2. The number of unbranched alkanes of at least 4 members (excludes halogenated alkanes) is 16. The molecule has 0 aliphatic heterocycles. The molecule has 0 saturated heterocycles. The molecule has 0 bridgehead atoms. The van der Waals surface area contributed by atoms with Crippen molar-refractivity contribution in [3.63, 3.8) is 0 Å². The standard InChI is InChI=1S/C76H118O6/c1-4-7-10-13-16-19-21-23-25-27-29-31-33-35-36-37-38-39-40-42-43-45-47-49-51-53-55-57-60-63-66-69-75(78)81-72-73(71-80-74(77)68-65-62-59-18-15-12-9-6-3)82-76(79)70-67-64-61-58-56-54-52-50-48-46-44-41-34-32-30-28-26-24-22-20-17-14-11-8-5-2/h7-8,10-11,16-17,19-20,23-26,29-32,35-36,38-39,41-44,47-50,54,56,73H,4-6,9,12-15,18,21-22,27-28,33-34,37,40,45-46,51-53,55,57-72H2,1-3H3/b10-7-,11-8-,19-16-,20-17-,25-23-,26-24-,31-29-,32-30-,36-35-,39-38-,43-42-,44-41-,49-47-,50-48-,56-54-. The molecule has 458 valence electrons. The minimum Gasteiger partial charge on any atom is -0.462 e. The topological polar surface area (TPSA) is 78.9 Å². The van der Waals surface area contributed by atoms with Crippen molar-refractivity contribution in [1.82, 2.24) is 0 Å². The molecule has 82 heavy (non-hydrogen) atoms. The van der Waals surface area contributed by atoms with Crippen LogP contribution in [-0.4, -0.2) is 37.2 Å². The summed E-state index contributed by atoms with van der Waals surface area (Å²) in [4.78, 5) is 38.2. The summed E-state index contributed by atoms with van der Waals surface area (Å²) >= 11 is 0. The van der Waals surface area contributed by atoms with Crippen LogP contribution in [0.5, 0.6) is 0 Å². The molecule has 0 rings (SSSR count). The average molecular weight is 1130 g/mol. The number of carbonyl (C=O) groups is 3. The highest BCUT2D eigenvalue weighted by atomic mass is 16.6. The van der Waals surface area contributed by atoms with Gasteiger partial charge in [-0.25, -0.2) is 0 Å². The first kappa shape index (κ1) is 76.5. The average Bonchev–Trinajstić information content (AvgIpc) is 3.47. The number of hydrogen-bond acceptors (Lipinski definition) is 6. The summed E-state index contributed by atoms with van der Waals surface area (Å²) in [7, 11) is 0. The van der Waals surface area contributed by atoms with Gasteiger partial charge in [-0.2, -0.15) is 0 Å². The molecule has 0 amide bonds. The van der Waals surface area contributed by atoms with Gasteiger partial charge < -0.3 is 14.2 Å². The van der Waals surface area contributed by atoms with Crippen LogP contribution in [0.1, 0.15) is 258 Å². The predicted octanol–water partition coefficient (Wildman–Crippen LogP) is 22.8. The van der Waals surface area contributed by atoms with Gasteiger partial charge in [0.05, 0.1) is 0 Å². The van der Waals surface area contributed by atoms with Crippen LogP contribution in [0.15, 0.2) is 182 Å². The highest BCUT2D eigenvalue weighted by molar-refractivity contribution is 5.71. The summed E-state index contributed by atoms with van der Waals surface area (Å²) in [6.07, 6.45) is 102. The number of allylic oxidation sites excluding steroid dienone is 30. The number of ether oxygens (including phenoxy) is 3. The molecule has 1 atom stereocenters. The van der Waals surface area contributed by atoms with Crippen LogP contribution < -0.4 is 0 Å². The van der Waals surface area contributed by atoms with E-state index in [1.165, 1.54) is 44.9 Å². The number of carbonyl (C=O) groups excluding carboxylic acids is 3. The Morgan fingerprint density at radius 1 is 0.256 bits per heavy atom. The van der Waals surface area contributed by atoms with Crippen LogP contribution in [0.25, 0.3) is 0 Å². The van der Waals surface area contributed by atoms with E-state index in [4.69, 9.17) is 14.2 Å². The van der Waals surface area contributed by atoms with Gasteiger partial charge in [0.25, 0.3) is 0 Å². The summed E-state index contributed by atoms with van der Waals surface area (Å²) in [6.45, 7) is 6.33. The Hall–Kier alpha value is -5.49. The van der Waals surface area contributed by atoms with E-state index in [0.717, 1.165) is 167 Å². The fourth-order valence-electron chi connectivity index (χ4n) is 8.32. The van der Waals surface area contributed by atoms with E-state index in [0.29, 0.717) is 19.3 Å². The minimum atomic E-state index is -0.811. The van der Waals surface area contributed by atoms with Gasteiger partial charge in [0.1, 0.15) is 13.2 Å². The molecule has 0 aromatic heterocycles. The second-order valence-corrected chi connectivity index (χ2v) is 20.9. The van der Waals surface area contributed by atoms with Crippen LogP contribution in [0, 0.1) is 0 Å². The Kier molecular flexibility index (Phi) is 63.5. The van der Waals surface area contributed by atoms with E-state index >= 15 is 0 Å². The zero-order chi connectivity index (χ0) is 59.2. The Bertz CT molecular complexity index is 1920. The Morgan fingerprint density at radius 2 is 0.476 bits per heavy atom. The molecule has 6 nitrogen and oxygen atoms in total. The molecule has 0 aliphatic carbocycles. The Labute approximate surface area is 504 Å². The van der Waals surface area contributed by atoms with Crippen molar-refractivity contribution in [3.05, 3.63) is 182 Å². The van der Waals surface area contributed by atoms with Crippen LogP contribution in [0.2, 0.25) is 0 Å². The van der Waals surface area contributed by atoms with E-state index in [2.05, 4.69) is 203 Å². The van der Waals surface area contributed by atoms with Gasteiger partial charge in [-0.1, -0.05) is 280 Å². The third kappa shape index (κ3) is 65.3. The van der Waals surface area contributed by atoms with Crippen molar-refractivity contribution < 1.29 is 28.6 Å². The molecule has 0 heterocycles. The molecule has 6 heteroatoms. The van der Waals surface area contributed by atoms with Crippen molar-refractivity contribution >= 4 is 17.9 Å². The summed E-state index contributed by atoms with van der Waals surface area (Å²) in [5, 5.41) is 0. The maximum Gasteiger partial charge on any atom is 0.306 e. The number of esters is 3. The largest absolute Gasteiger partial charge is 0.462 e. The van der Waals surface area contributed by atoms with Gasteiger partial charge in [-0.15, -0.1) is 0 Å². The fraction of sp³-hybridized carbons (Fsp3) is 0.566.